The second-order valence-electron chi connectivity index (χ2n) is 2.56. The summed E-state index contributed by atoms with van der Waals surface area (Å²) in [5.41, 5.74) is 0.562. The Balaban J connectivity index is 2.64. The third-order valence-corrected chi connectivity index (χ3v) is 4.57. The number of esters is 1. The van der Waals surface area contributed by atoms with Gasteiger partial charge in [0.1, 0.15) is 16.7 Å². The minimum atomic E-state index is -0.282. The fraction of sp³-hybridized carbons (Fsp3) is 0.444. The van der Waals surface area contributed by atoms with Crippen LogP contribution in [0.4, 0.5) is 0 Å². The molecule has 0 aliphatic heterocycles. The van der Waals surface area contributed by atoms with Gasteiger partial charge in [-0.15, -0.1) is 11.8 Å². The molecule has 7 heteroatoms. The number of ether oxygens (including phenoxy) is 1. The second kappa shape index (κ2) is 6.78. The van der Waals surface area contributed by atoms with Crippen molar-refractivity contribution in [2.75, 3.05) is 18.6 Å². The normalized spacial score (nSPS) is 9.81. The van der Waals surface area contributed by atoms with Crippen LogP contribution in [-0.4, -0.2) is 29.0 Å². The van der Waals surface area contributed by atoms with E-state index >= 15 is 0 Å². The van der Waals surface area contributed by atoms with Gasteiger partial charge >= 0.3 is 5.97 Å². The van der Waals surface area contributed by atoms with Gasteiger partial charge in [0.25, 0.3) is 0 Å². The lowest BCUT2D eigenvalue weighted by atomic mass is 10.4. The number of hydrogen-bond donors (Lipinski definition) is 0. The van der Waals surface area contributed by atoms with Crippen LogP contribution < -0.4 is 0 Å². The average Bonchev–Trinajstić information content (AvgIpc) is 2.68. The molecule has 0 spiro atoms. The first-order chi connectivity index (χ1) is 7.72. The van der Waals surface area contributed by atoms with E-state index in [1.54, 1.807) is 6.92 Å². The fourth-order valence-corrected chi connectivity index (χ4v) is 3.25. The number of nitrogens with zero attached hydrogens (tertiary/aromatic N) is 2. The summed E-state index contributed by atoms with van der Waals surface area (Å²) in [6, 6.07) is 2.10. The minimum Gasteiger partial charge on any atom is -0.465 e. The minimum absolute atomic E-state index is 0.195. The highest BCUT2D eigenvalue weighted by atomic mass is 32.2. The van der Waals surface area contributed by atoms with Crippen LogP contribution in [-0.2, 0) is 9.53 Å². The Hall–Kier alpha value is -0.710. The summed E-state index contributed by atoms with van der Waals surface area (Å²) in [6.45, 7) is 2.13. The molecule has 4 nitrogen and oxygen atoms in total. The third-order valence-electron chi connectivity index (χ3n) is 1.56. The summed E-state index contributed by atoms with van der Waals surface area (Å²) >= 11 is 4.02. The van der Waals surface area contributed by atoms with Crippen molar-refractivity contribution in [2.24, 2.45) is 0 Å². The SMILES string of the molecule is CCOC(=O)CSc1nsc(SC)c1C#N. The average molecular weight is 274 g/mol. The highest BCUT2D eigenvalue weighted by molar-refractivity contribution is 8.01. The highest BCUT2D eigenvalue weighted by Crippen LogP contribution is 2.32. The number of rotatable bonds is 5. The Kier molecular flexibility index (Phi) is 5.66. The van der Waals surface area contributed by atoms with Crippen molar-refractivity contribution >= 4 is 41.0 Å². The van der Waals surface area contributed by atoms with Gasteiger partial charge in [0.15, 0.2) is 0 Å². The highest BCUT2D eigenvalue weighted by Gasteiger charge is 2.14. The number of carbonyl (C=O) groups is 1. The molecule has 0 amide bonds. The van der Waals surface area contributed by atoms with E-state index in [1.807, 2.05) is 6.26 Å². The van der Waals surface area contributed by atoms with Crippen molar-refractivity contribution < 1.29 is 9.53 Å². The zero-order chi connectivity index (χ0) is 12.0. The molecule has 0 saturated carbocycles. The first kappa shape index (κ1) is 13.4. The summed E-state index contributed by atoms with van der Waals surface area (Å²) in [5.74, 6) is -0.0878. The molecule has 0 aliphatic carbocycles. The Morgan fingerprint density at radius 3 is 3.00 bits per heavy atom. The largest absolute Gasteiger partial charge is 0.465 e. The lowest BCUT2D eigenvalue weighted by Crippen LogP contribution is -2.06. The summed E-state index contributed by atoms with van der Waals surface area (Å²) in [7, 11) is 0. The van der Waals surface area contributed by atoms with Crippen LogP contribution in [0.1, 0.15) is 12.5 Å². The first-order valence-electron chi connectivity index (χ1n) is 4.45. The van der Waals surface area contributed by atoms with Gasteiger partial charge in [-0.3, -0.25) is 4.79 Å². The number of aromatic nitrogens is 1. The maximum Gasteiger partial charge on any atom is 0.316 e. The summed E-state index contributed by atoms with van der Waals surface area (Å²) < 4.78 is 9.82. The summed E-state index contributed by atoms with van der Waals surface area (Å²) in [6.07, 6.45) is 1.90. The molecule has 0 bridgehead atoms. The molecule has 0 fully saturated rings. The van der Waals surface area contributed by atoms with E-state index in [2.05, 4.69) is 10.4 Å². The van der Waals surface area contributed by atoms with Crippen molar-refractivity contribution in [3.05, 3.63) is 5.56 Å². The van der Waals surface area contributed by atoms with E-state index in [1.165, 1.54) is 35.1 Å². The maximum absolute atomic E-state index is 11.1. The van der Waals surface area contributed by atoms with Crippen LogP contribution in [0.3, 0.4) is 0 Å². The zero-order valence-corrected chi connectivity index (χ0v) is 11.3. The molecule has 16 heavy (non-hydrogen) atoms. The first-order valence-corrected chi connectivity index (χ1v) is 7.43. The van der Waals surface area contributed by atoms with E-state index in [0.717, 1.165) is 4.21 Å². The van der Waals surface area contributed by atoms with Crippen LogP contribution in [0.2, 0.25) is 0 Å². The number of carbonyl (C=O) groups excluding carboxylic acids is 1. The molecule has 86 valence electrons. The smallest absolute Gasteiger partial charge is 0.316 e. The molecule has 0 atom stereocenters. The fourth-order valence-electron chi connectivity index (χ4n) is 0.923. The van der Waals surface area contributed by atoms with Gasteiger partial charge in [0.05, 0.1) is 16.6 Å². The Morgan fingerprint density at radius 2 is 2.44 bits per heavy atom. The van der Waals surface area contributed by atoms with Crippen LogP contribution in [0.5, 0.6) is 0 Å². The predicted molar refractivity (Wildman–Crippen MR) is 66.0 cm³/mol. The summed E-state index contributed by atoms with van der Waals surface area (Å²) in [4.78, 5) is 11.1. The van der Waals surface area contributed by atoms with Crippen molar-refractivity contribution in [3.63, 3.8) is 0 Å². The van der Waals surface area contributed by atoms with Gasteiger partial charge in [-0.2, -0.15) is 9.64 Å². The molecule has 0 aliphatic rings. The quantitative estimate of drug-likeness (QED) is 0.607. The van der Waals surface area contributed by atoms with E-state index in [9.17, 15) is 4.79 Å². The Bertz CT molecular complexity index is 411. The molecule has 1 heterocycles. The number of thioether (sulfide) groups is 2. The molecule has 0 saturated heterocycles. The van der Waals surface area contributed by atoms with Crippen molar-refractivity contribution in [3.8, 4) is 6.07 Å². The van der Waals surface area contributed by atoms with Gasteiger partial charge in [-0.05, 0) is 24.7 Å². The van der Waals surface area contributed by atoms with Crippen LogP contribution in [0.25, 0.3) is 0 Å². The van der Waals surface area contributed by atoms with Crippen LogP contribution in [0.15, 0.2) is 9.24 Å². The lowest BCUT2D eigenvalue weighted by molar-refractivity contribution is -0.139. The molecule has 0 N–H and O–H groups in total. The van der Waals surface area contributed by atoms with Crippen molar-refractivity contribution in [1.82, 2.24) is 4.37 Å². The monoisotopic (exact) mass is 274 g/mol. The van der Waals surface area contributed by atoms with Crippen LogP contribution >= 0.6 is 35.1 Å². The van der Waals surface area contributed by atoms with Gasteiger partial charge in [-0.25, -0.2) is 0 Å². The van der Waals surface area contributed by atoms with E-state index < -0.39 is 0 Å². The molecule has 0 radical (unpaired) electrons. The van der Waals surface area contributed by atoms with Gasteiger partial charge < -0.3 is 4.74 Å². The molecule has 1 aromatic rings. The molecule has 1 rings (SSSR count). The van der Waals surface area contributed by atoms with E-state index in [0.29, 0.717) is 17.2 Å². The molecular formula is C9H10N2O2S3. The zero-order valence-electron chi connectivity index (χ0n) is 8.85. The standard InChI is InChI=1S/C9H10N2O2S3/c1-3-13-7(12)5-15-8-6(4-10)9(14-2)16-11-8/h3,5H2,1-2H3. The Morgan fingerprint density at radius 1 is 1.69 bits per heavy atom. The van der Waals surface area contributed by atoms with Crippen molar-refractivity contribution in [2.45, 2.75) is 16.2 Å². The number of hydrogen-bond acceptors (Lipinski definition) is 7. The van der Waals surface area contributed by atoms with E-state index in [-0.39, 0.29) is 11.7 Å². The summed E-state index contributed by atoms with van der Waals surface area (Å²) in [5, 5.41) is 9.58. The van der Waals surface area contributed by atoms with Gasteiger partial charge in [0.2, 0.25) is 0 Å². The third kappa shape index (κ3) is 3.40. The Labute approximate surface area is 107 Å². The van der Waals surface area contributed by atoms with Crippen molar-refractivity contribution in [1.29, 1.82) is 5.26 Å². The molecule has 0 aromatic carbocycles. The molecular weight excluding hydrogens is 264 g/mol. The number of nitriles is 1. The second-order valence-corrected chi connectivity index (χ2v) is 5.37. The van der Waals surface area contributed by atoms with E-state index in [4.69, 9.17) is 10.00 Å². The lowest BCUT2D eigenvalue weighted by Gasteiger charge is -1.99. The molecule has 1 aromatic heterocycles. The maximum atomic E-state index is 11.1. The van der Waals surface area contributed by atoms with Crippen LogP contribution in [0, 0.1) is 11.3 Å². The van der Waals surface area contributed by atoms with Gasteiger partial charge in [0, 0.05) is 0 Å². The molecule has 0 unspecified atom stereocenters. The van der Waals surface area contributed by atoms with Gasteiger partial charge in [-0.1, -0.05) is 11.8 Å². The predicted octanol–water partition coefficient (Wildman–Crippen LogP) is 2.39. The topological polar surface area (TPSA) is 63.0 Å².